The molecule has 0 aliphatic carbocycles. The summed E-state index contributed by atoms with van der Waals surface area (Å²) in [4.78, 5) is 37.1. The molecule has 0 radical (unpaired) electrons. The van der Waals surface area contributed by atoms with Crippen molar-refractivity contribution in [3.8, 4) is 5.75 Å². The van der Waals surface area contributed by atoms with E-state index in [0.717, 1.165) is 28.5 Å². The summed E-state index contributed by atoms with van der Waals surface area (Å²) in [6.07, 6.45) is 0. The molecular formula is C16H12N4O6S. The first kappa shape index (κ1) is 18.2. The third-order valence-electron chi connectivity index (χ3n) is 3.73. The Kier molecular flexibility index (Phi) is 4.69. The highest BCUT2D eigenvalue weighted by Gasteiger charge is 2.21. The number of nitro benzene ring substituents is 2. The number of nitrogens with zero attached hydrogens (tertiary/aromatic N) is 3. The molecule has 0 aliphatic rings. The van der Waals surface area contributed by atoms with E-state index < -0.39 is 27.1 Å². The number of non-ortho nitro benzene ring substituents is 2. The van der Waals surface area contributed by atoms with Gasteiger partial charge in [0.25, 0.3) is 17.3 Å². The Morgan fingerprint density at radius 3 is 2.33 bits per heavy atom. The number of ether oxygens (including phenoxy) is 1. The van der Waals surface area contributed by atoms with Crippen LogP contribution in [0, 0.1) is 27.2 Å². The maximum absolute atomic E-state index is 12.5. The van der Waals surface area contributed by atoms with E-state index in [1.807, 2.05) is 13.0 Å². The van der Waals surface area contributed by atoms with Gasteiger partial charge in [-0.05, 0) is 18.6 Å². The molecule has 3 aromatic rings. The molecular weight excluding hydrogens is 376 g/mol. The van der Waals surface area contributed by atoms with Crippen LogP contribution in [-0.2, 0) is 0 Å². The number of anilines is 1. The van der Waals surface area contributed by atoms with Gasteiger partial charge in [0.05, 0.1) is 33.3 Å². The summed E-state index contributed by atoms with van der Waals surface area (Å²) in [6.45, 7) is 1.88. The van der Waals surface area contributed by atoms with E-state index >= 15 is 0 Å². The predicted octanol–water partition coefficient (Wildman–Crippen LogP) is 3.68. The maximum atomic E-state index is 12.5. The number of methoxy groups -OCH3 is 1. The zero-order valence-electron chi connectivity index (χ0n) is 14.1. The zero-order valence-corrected chi connectivity index (χ0v) is 14.9. The molecule has 0 saturated heterocycles. The Balaban J connectivity index is 1.98. The number of rotatable bonds is 5. The first-order chi connectivity index (χ1) is 12.8. The largest absolute Gasteiger partial charge is 0.494 e. The lowest BCUT2D eigenvalue weighted by atomic mass is 10.1. The number of carbonyl (C=O) groups is 1. The minimum absolute atomic E-state index is 0.209. The molecule has 0 saturated carbocycles. The zero-order chi connectivity index (χ0) is 19.7. The fourth-order valence-electron chi connectivity index (χ4n) is 2.43. The number of benzene rings is 2. The quantitative estimate of drug-likeness (QED) is 0.519. The Labute approximate surface area is 155 Å². The predicted molar refractivity (Wildman–Crippen MR) is 98.6 cm³/mol. The van der Waals surface area contributed by atoms with E-state index in [1.165, 1.54) is 18.4 Å². The van der Waals surface area contributed by atoms with E-state index in [0.29, 0.717) is 11.3 Å². The van der Waals surface area contributed by atoms with Crippen molar-refractivity contribution < 1.29 is 19.4 Å². The minimum Gasteiger partial charge on any atom is -0.494 e. The van der Waals surface area contributed by atoms with Crippen molar-refractivity contribution in [1.29, 1.82) is 0 Å². The second kappa shape index (κ2) is 6.96. The maximum Gasteiger partial charge on any atom is 0.277 e. The molecule has 0 bridgehead atoms. The molecule has 1 N–H and O–H groups in total. The summed E-state index contributed by atoms with van der Waals surface area (Å²) in [6, 6.07) is 6.35. The number of aryl methyl sites for hydroxylation is 1. The Morgan fingerprint density at radius 2 is 1.78 bits per heavy atom. The van der Waals surface area contributed by atoms with Crippen LogP contribution in [0.15, 0.2) is 30.3 Å². The number of thiazole rings is 1. The van der Waals surface area contributed by atoms with Crippen molar-refractivity contribution >= 4 is 44.0 Å². The van der Waals surface area contributed by atoms with Crippen molar-refractivity contribution in [2.24, 2.45) is 0 Å². The topological polar surface area (TPSA) is 138 Å². The van der Waals surface area contributed by atoms with Gasteiger partial charge in [0.15, 0.2) is 5.13 Å². The molecule has 1 aromatic heterocycles. The molecule has 0 aliphatic heterocycles. The van der Waals surface area contributed by atoms with Gasteiger partial charge in [0, 0.05) is 12.1 Å². The van der Waals surface area contributed by atoms with Crippen molar-refractivity contribution in [1.82, 2.24) is 4.98 Å². The van der Waals surface area contributed by atoms with Gasteiger partial charge in [-0.2, -0.15) is 0 Å². The third kappa shape index (κ3) is 3.53. The van der Waals surface area contributed by atoms with E-state index in [9.17, 15) is 25.0 Å². The SMILES string of the molecule is COc1ccc(C)c2sc(NC(=O)c3cc([N+](=O)[O-])cc([N+](=O)[O-])c3)nc12. The highest BCUT2D eigenvalue weighted by Crippen LogP contribution is 2.35. The van der Waals surface area contributed by atoms with Crippen LogP contribution < -0.4 is 10.1 Å². The van der Waals surface area contributed by atoms with Gasteiger partial charge in [0.1, 0.15) is 11.3 Å². The number of fused-ring (bicyclic) bond motifs is 1. The average molecular weight is 388 g/mol. The van der Waals surface area contributed by atoms with Gasteiger partial charge in [-0.1, -0.05) is 17.4 Å². The molecule has 11 heteroatoms. The first-order valence-electron chi connectivity index (χ1n) is 7.49. The van der Waals surface area contributed by atoms with E-state index in [2.05, 4.69) is 10.3 Å². The lowest BCUT2D eigenvalue weighted by Gasteiger charge is -2.02. The molecule has 1 amide bonds. The van der Waals surface area contributed by atoms with Crippen molar-refractivity contribution in [3.05, 3.63) is 61.7 Å². The standard InChI is InChI=1S/C16H12N4O6S/c1-8-3-4-12(26-2)13-14(8)27-16(17-13)18-15(21)9-5-10(19(22)23)7-11(6-9)20(24)25/h3-7H,1-2H3,(H,17,18,21). The van der Waals surface area contributed by atoms with Gasteiger partial charge in [-0.15, -0.1) is 0 Å². The lowest BCUT2D eigenvalue weighted by Crippen LogP contribution is -2.12. The van der Waals surface area contributed by atoms with Crippen LogP contribution in [0.5, 0.6) is 5.75 Å². The third-order valence-corrected chi connectivity index (χ3v) is 4.84. The Hall–Kier alpha value is -3.60. The van der Waals surface area contributed by atoms with Crippen molar-refractivity contribution in [2.45, 2.75) is 6.92 Å². The summed E-state index contributed by atoms with van der Waals surface area (Å²) in [5, 5.41) is 24.7. The number of nitrogens with one attached hydrogen (secondary N) is 1. The molecule has 1 heterocycles. The summed E-state index contributed by atoms with van der Waals surface area (Å²) in [5.41, 5.74) is 0.212. The van der Waals surface area contributed by atoms with Crippen LogP contribution >= 0.6 is 11.3 Å². The fraction of sp³-hybridized carbons (Fsp3) is 0.125. The van der Waals surface area contributed by atoms with Crippen LogP contribution in [0.4, 0.5) is 16.5 Å². The van der Waals surface area contributed by atoms with Crippen LogP contribution in [0.1, 0.15) is 15.9 Å². The molecule has 10 nitrogen and oxygen atoms in total. The summed E-state index contributed by atoms with van der Waals surface area (Å²) >= 11 is 1.21. The Bertz CT molecular complexity index is 1060. The highest BCUT2D eigenvalue weighted by atomic mass is 32.1. The van der Waals surface area contributed by atoms with Crippen molar-refractivity contribution in [2.75, 3.05) is 12.4 Å². The van der Waals surface area contributed by atoms with Crippen LogP contribution in [0.25, 0.3) is 10.2 Å². The normalized spacial score (nSPS) is 10.6. The smallest absolute Gasteiger partial charge is 0.277 e. The van der Waals surface area contributed by atoms with E-state index in [-0.39, 0.29) is 10.7 Å². The second-order valence-corrected chi connectivity index (χ2v) is 6.49. The number of hydrogen-bond donors (Lipinski definition) is 1. The molecule has 0 atom stereocenters. The number of carbonyl (C=O) groups excluding carboxylic acids is 1. The summed E-state index contributed by atoms with van der Waals surface area (Å²) in [7, 11) is 1.50. The summed E-state index contributed by atoms with van der Waals surface area (Å²) in [5.74, 6) is -0.198. The van der Waals surface area contributed by atoms with Crippen LogP contribution in [0.2, 0.25) is 0 Å². The first-order valence-corrected chi connectivity index (χ1v) is 8.31. The molecule has 0 unspecified atom stereocenters. The minimum atomic E-state index is -0.796. The monoisotopic (exact) mass is 388 g/mol. The molecule has 3 rings (SSSR count). The Morgan fingerprint density at radius 1 is 1.15 bits per heavy atom. The molecule has 138 valence electrons. The van der Waals surface area contributed by atoms with Crippen molar-refractivity contribution in [3.63, 3.8) is 0 Å². The van der Waals surface area contributed by atoms with Gasteiger partial charge in [-0.3, -0.25) is 30.3 Å². The van der Waals surface area contributed by atoms with Crippen LogP contribution in [0.3, 0.4) is 0 Å². The van der Waals surface area contributed by atoms with Gasteiger partial charge >= 0.3 is 0 Å². The number of hydrogen-bond acceptors (Lipinski definition) is 8. The van der Waals surface area contributed by atoms with Gasteiger partial charge in [0.2, 0.25) is 0 Å². The highest BCUT2D eigenvalue weighted by molar-refractivity contribution is 7.22. The number of amides is 1. The number of nitro groups is 2. The van der Waals surface area contributed by atoms with Gasteiger partial charge < -0.3 is 4.74 Å². The summed E-state index contributed by atoms with van der Waals surface area (Å²) < 4.78 is 6.07. The lowest BCUT2D eigenvalue weighted by molar-refractivity contribution is -0.394. The fourth-order valence-corrected chi connectivity index (χ4v) is 3.38. The molecule has 27 heavy (non-hydrogen) atoms. The second-order valence-electron chi connectivity index (χ2n) is 5.49. The molecule has 2 aromatic carbocycles. The molecule has 0 spiro atoms. The number of aromatic nitrogens is 1. The van der Waals surface area contributed by atoms with E-state index in [1.54, 1.807) is 6.07 Å². The average Bonchev–Trinajstić information content (AvgIpc) is 3.06. The van der Waals surface area contributed by atoms with Gasteiger partial charge in [-0.25, -0.2) is 4.98 Å². The molecule has 0 fully saturated rings. The van der Waals surface area contributed by atoms with Crippen LogP contribution in [-0.4, -0.2) is 27.8 Å². The van der Waals surface area contributed by atoms with E-state index in [4.69, 9.17) is 4.74 Å².